The van der Waals surface area contributed by atoms with Gasteiger partial charge in [-0.05, 0) is 50.4 Å². The molecular formula is C21H32N4O6. The van der Waals surface area contributed by atoms with E-state index in [1.807, 2.05) is 0 Å². The lowest BCUT2D eigenvalue weighted by atomic mass is 9.77. The molecule has 1 saturated heterocycles. The predicted octanol–water partition coefficient (Wildman–Crippen LogP) is 1.43. The molecule has 3 N–H and O–H groups in total. The second-order valence-corrected chi connectivity index (χ2v) is 9.14. The molecule has 0 radical (unpaired) electrons. The van der Waals surface area contributed by atoms with E-state index in [2.05, 4.69) is 29.8 Å². The first-order valence-corrected chi connectivity index (χ1v) is 11.1. The summed E-state index contributed by atoms with van der Waals surface area (Å²) in [7, 11) is 0. The van der Waals surface area contributed by atoms with E-state index in [-0.39, 0.29) is 6.04 Å². The number of nitrogens with zero attached hydrogens (tertiary/aromatic N) is 1. The Bertz CT molecular complexity index is 746. The van der Waals surface area contributed by atoms with Gasteiger partial charge in [-0.25, -0.2) is 9.59 Å². The van der Waals surface area contributed by atoms with E-state index in [0.717, 1.165) is 43.4 Å². The highest BCUT2D eigenvalue weighted by Gasteiger charge is 2.52. The van der Waals surface area contributed by atoms with Crippen LogP contribution >= 0.6 is 0 Å². The van der Waals surface area contributed by atoms with Gasteiger partial charge >= 0.3 is 18.0 Å². The predicted molar refractivity (Wildman–Crippen MR) is 110 cm³/mol. The van der Waals surface area contributed by atoms with E-state index in [1.165, 1.54) is 0 Å². The van der Waals surface area contributed by atoms with Gasteiger partial charge in [-0.3, -0.25) is 24.6 Å². The molecule has 0 aromatic rings. The summed E-state index contributed by atoms with van der Waals surface area (Å²) >= 11 is 0. The van der Waals surface area contributed by atoms with E-state index in [4.69, 9.17) is 4.74 Å². The molecule has 3 aliphatic rings. The molecule has 2 unspecified atom stereocenters. The first kappa shape index (κ1) is 23.0. The molecule has 1 spiro atoms. The third-order valence-corrected chi connectivity index (χ3v) is 6.71. The summed E-state index contributed by atoms with van der Waals surface area (Å²) in [5.41, 5.74) is -0.935. The Hall–Kier alpha value is -2.65. The van der Waals surface area contributed by atoms with Gasteiger partial charge in [0.25, 0.3) is 11.8 Å². The van der Waals surface area contributed by atoms with Crippen LogP contribution in [0.1, 0.15) is 65.2 Å². The summed E-state index contributed by atoms with van der Waals surface area (Å²) in [6.45, 7) is 2.92. The van der Waals surface area contributed by atoms with Crippen molar-refractivity contribution in [2.45, 2.75) is 76.8 Å². The van der Waals surface area contributed by atoms with Gasteiger partial charge in [0.2, 0.25) is 0 Å². The Morgan fingerprint density at radius 1 is 1.10 bits per heavy atom. The van der Waals surface area contributed by atoms with Gasteiger partial charge in [-0.15, -0.1) is 0 Å². The number of hydrogen-bond acceptors (Lipinski definition) is 6. The molecule has 0 aromatic carbocycles. The maximum absolute atomic E-state index is 12.7. The van der Waals surface area contributed by atoms with Crippen LogP contribution in [-0.2, 0) is 19.1 Å². The topological polar surface area (TPSA) is 134 Å². The number of carbonyl (C=O) groups excluding carboxylic acids is 5. The van der Waals surface area contributed by atoms with Crippen molar-refractivity contribution in [1.29, 1.82) is 0 Å². The highest BCUT2D eigenvalue weighted by atomic mass is 16.5. The maximum atomic E-state index is 12.7. The summed E-state index contributed by atoms with van der Waals surface area (Å²) in [4.78, 5) is 61.8. The highest BCUT2D eigenvalue weighted by molar-refractivity contribution is 6.08. The van der Waals surface area contributed by atoms with Crippen LogP contribution in [0.3, 0.4) is 0 Å². The normalized spacial score (nSPS) is 30.6. The van der Waals surface area contributed by atoms with Crippen molar-refractivity contribution in [2.75, 3.05) is 13.2 Å². The Morgan fingerprint density at radius 3 is 2.45 bits per heavy atom. The van der Waals surface area contributed by atoms with Crippen molar-refractivity contribution in [3.8, 4) is 0 Å². The summed E-state index contributed by atoms with van der Waals surface area (Å²) in [6, 6.07) is -1.23. The van der Waals surface area contributed by atoms with E-state index in [0.29, 0.717) is 24.7 Å². The second-order valence-electron chi connectivity index (χ2n) is 9.14. The van der Waals surface area contributed by atoms with Crippen LogP contribution in [0.4, 0.5) is 9.59 Å². The van der Waals surface area contributed by atoms with Crippen LogP contribution in [0.25, 0.3) is 0 Å². The molecule has 2 atom stereocenters. The van der Waals surface area contributed by atoms with E-state index in [9.17, 15) is 24.0 Å². The molecule has 2 saturated carbocycles. The number of carbonyl (C=O) groups is 5. The lowest BCUT2D eigenvalue weighted by molar-refractivity contribution is -0.151. The molecule has 1 aliphatic heterocycles. The zero-order valence-corrected chi connectivity index (χ0v) is 18.2. The molecule has 0 aromatic heterocycles. The van der Waals surface area contributed by atoms with Crippen LogP contribution in [0.5, 0.6) is 0 Å². The molecule has 2 aliphatic carbocycles. The summed E-state index contributed by atoms with van der Waals surface area (Å²) in [6.07, 6.45) is 6.79. The second kappa shape index (κ2) is 9.65. The van der Waals surface area contributed by atoms with Crippen LogP contribution in [0.15, 0.2) is 0 Å². The van der Waals surface area contributed by atoms with Gasteiger partial charge in [0.05, 0.1) is 0 Å². The van der Waals surface area contributed by atoms with Crippen molar-refractivity contribution in [2.24, 2.45) is 11.8 Å². The van der Waals surface area contributed by atoms with E-state index >= 15 is 0 Å². The van der Waals surface area contributed by atoms with Gasteiger partial charge in [-0.2, -0.15) is 0 Å². The molecule has 6 amide bonds. The standard InChI is InChI=1S/C21H32N4O6/c1-13-7-9-21(10-8-13)18(28)25(20(30)24-21)11-17(27)31-12-16(26)23-19(29)22-15-6-4-3-5-14(15)2/h13-15H,3-12H2,1-2H3,(H,24,30)(H2,22,23,26,29). The van der Waals surface area contributed by atoms with Crippen molar-refractivity contribution >= 4 is 29.8 Å². The first-order chi connectivity index (χ1) is 14.7. The Kier molecular flexibility index (Phi) is 7.17. The minimum absolute atomic E-state index is 0.0129. The average Bonchev–Trinajstić information content (AvgIpc) is 2.94. The molecule has 172 valence electrons. The summed E-state index contributed by atoms with van der Waals surface area (Å²) in [5, 5.41) is 7.64. The van der Waals surface area contributed by atoms with Crippen molar-refractivity contribution in [1.82, 2.24) is 20.9 Å². The van der Waals surface area contributed by atoms with Crippen molar-refractivity contribution in [3.05, 3.63) is 0 Å². The number of imide groups is 2. The Labute approximate surface area is 181 Å². The summed E-state index contributed by atoms with van der Waals surface area (Å²) < 4.78 is 4.86. The minimum Gasteiger partial charge on any atom is -0.454 e. The molecule has 31 heavy (non-hydrogen) atoms. The zero-order valence-electron chi connectivity index (χ0n) is 18.2. The summed E-state index contributed by atoms with van der Waals surface area (Å²) in [5.74, 6) is -1.25. The van der Waals surface area contributed by atoms with E-state index in [1.54, 1.807) is 0 Å². The quantitative estimate of drug-likeness (QED) is 0.441. The number of rotatable bonds is 5. The average molecular weight is 437 g/mol. The van der Waals surface area contributed by atoms with Crippen LogP contribution in [0.2, 0.25) is 0 Å². The number of amides is 6. The van der Waals surface area contributed by atoms with Gasteiger partial charge in [0.15, 0.2) is 6.61 Å². The van der Waals surface area contributed by atoms with E-state index < -0.39 is 48.5 Å². The number of urea groups is 2. The molecule has 0 bridgehead atoms. The highest BCUT2D eigenvalue weighted by Crippen LogP contribution is 2.36. The molecule has 10 heteroatoms. The third-order valence-electron chi connectivity index (χ3n) is 6.71. The fraction of sp³-hybridized carbons (Fsp3) is 0.762. The SMILES string of the molecule is CC1CCC2(CC1)NC(=O)N(CC(=O)OCC(=O)NC(=O)NC1CCCCC1C)C2=O. The van der Waals surface area contributed by atoms with Gasteiger partial charge < -0.3 is 15.4 Å². The van der Waals surface area contributed by atoms with Crippen LogP contribution in [-0.4, -0.2) is 59.5 Å². The number of hydrogen-bond donors (Lipinski definition) is 3. The molecule has 1 heterocycles. The fourth-order valence-corrected chi connectivity index (χ4v) is 4.63. The largest absolute Gasteiger partial charge is 0.454 e. The Balaban J connectivity index is 1.41. The Morgan fingerprint density at radius 2 is 1.77 bits per heavy atom. The van der Waals surface area contributed by atoms with Gasteiger partial charge in [-0.1, -0.05) is 26.7 Å². The van der Waals surface area contributed by atoms with Gasteiger partial charge in [0.1, 0.15) is 12.1 Å². The number of ether oxygens (including phenoxy) is 1. The molecule has 3 fully saturated rings. The van der Waals surface area contributed by atoms with Gasteiger partial charge in [0, 0.05) is 6.04 Å². The third kappa shape index (κ3) is 5.54. The number of esters is 1. The maximum Gasteiger partial charge on any atom is 0.326 e. The number of nitrogens with one attached hydrogen (secondary N) is 3. The lowest BCUT2D eigenvalue weighted by Crippen LogP contribution is -2.49. The lowest BCUT2D eigenvalue weighted by Gasteiger charge is -2.33. The molecule has 3 rings (SSSR count). The van der Waals surface area contributed by atoms with Crippen molar-refractivity contribution in [3.63, 3.8) is 0 Å². The van der Waals surface area contributed by atoms with Crippen LogP contribution in [0, 0.1) is 11.8 Å². The monoisotopic (exact) mass is 436 g/mol. The molecular weight excluding hydrogens is 404 g/mol. The fourth-order valence-electron chi connectivity index (χ4n) is 4.63. The molecule has 10 nitrogen and oxygen atoms in total. The zero-order chi connectivity index (χ0) is 22.6. The smallest absolute Gasteiger partial charge is 0.326 e. The minimum atomic E-state index is -0.935. The van der Waals surface area contributed by atoms with Crippen LogP contribution < -0.4 is 16.0 Å². The van der Waals surface area contributed by atoms with Crippen molar-refractivity contribution < 1.29 is 28.7 Å². The first-order valence-electron chi connectivity index (χ1n) is 11.1.